The van der Waals surface area contributed by atoms with Crippen molar-refractivity contribution in [1.29, 1.82) is 0 Å². The van der Waals surface area contributed by atoms with Crippen LogP contribution in [0.2, 0.25) is 0 Å². The number of nitrogens with two attached hydrogens (primary N) is 1. The molecule has 112 valence electrons. The second-order valence-corrected chi connectivity index (χ2v) is 6.36. The molecule has 0 radical (unpaired) electrons. The molecule has 0 aliphatic carbocycles. The van der Waals surface area contributed by atoms with E-state index in [1.54, 1.807) is 0 Å². The van der Waals surface area contributed by atoms with Gasteiger partial charge in [-0.25, -0.2) is 0 Å². The van der Waals surface area contributed by atoms with Crippen molar-refractivity contribution in [2.75, 3.05) is 6.61 Å². The SMILES string of the molecule is CCCn1ncc(Br)c1C(N)C1COc2ccccc2C1. The predicted molar refractivity (Wildman–Crippen MR) is 86.3 cm³/mol. The highest BCUT2D eigenvalue weighted by Crippen LogP contribution is 2.34. The summed E-state index contributed by atoms with van der Waals surface area (Å²) in [6, 6.07) is 8.11. The lowest BCUT2D eigenvalue weighted by Gasteiger charge is -2.30. The highest BCUT2D eigenvalue weighted by molar-refractivity contribution is 9.10. The van der Waals surface area contributed by atoms with Crippen LogP contribution < -0.4 is 10.5 Å². The van der Waals surface area contributed by atoms with E-state index >= 15 is 0 Å². The quantitative estimate of drug-likeness (QED) is 0.921. The van der Waals surface area contributed by atoms with Crippen LogP contribution in [-0.4, -0.2) is 16.4 Å². The standard InChI is InChI=1S/C16H20BrN3O/c1-2-7-20-16(13(17)9-19-20)15(18)12-8-11-5-3-4-6-14(11)21-10-12/h3-6,9,12,15H,2,7-8,10,18H2,1H3. The Morgan fingerprint density at radius 1 is 1.48 bits per heavy atom. The molecule has 1 aromatic heterocycles. The van der Waals surface area contributed by atoms with Crippen molar-refractivity contribution in [2.24, 2.45) is 11.7 Å². The number of hydrogen-bond acceptors (Lipinski definition) is 3. The Morgan fingerprint density at radius 2 is 2.29 bits per heavy atom. The van der Waals surface area contributed by atoms with Crippen LogP contribution >= 0.6 is 15.9 Å². The summed E-state index contributed by atoms with van der Waals surface area (Å²) < 4.78 is 8.87. The van der Waals surface area contributed by atoms with E-state index < -0.39 is 0 Å². The fourth-order valence-electron chi connectivity index (χ4n) is 2.90. The van der Waals surface area contributed by atoms with E-state index in [0.29, 0.717) is 6.61 Å². The first-order valence-corrected chi connectivity index (χ1v) is 8.17. The third-order valence-corrected chi connectivity index (χ3v) is 4.61. The molecule has 2 aromatic rings. The van der Waals surface area contributed by atoms with Crippen molar-refractivity contribution >= 4 is 15.9 Å². The highest BCUT2D eigenvalue weighted by Gasteiger charge is 2.29. The first-order chi connectivity index (χ1) is 10.2. The number of ether oxygens (including phenoxy) is 1. The minimum Gasteiger partial charge on any atom is -0.493 e. The van der Waals surface area contributed by atoms with Crippen molar-refractivity contribution in [3.8, 4) is 5.75 Å². The molecular formula is C16H20BrN3O. The highest BCUT2D eigenvalue weighted by atomic mass is 79.9. The lowest BCUT2D eigenvalue weighted by atomic mass is 9.89. The van der Waals surface area contributed by atoms with Crippen molar-refractivity contribution in [3.05, 3.63) is 46.2 Å². The number of aryl methyl sites for hydroxylation is 1. The Balaban J connectivity index is 1.84. The van der Waals surface area contributed by atoms with Crippen molar-refractivity contribution in [2.45, 2.75) is 32.4 Å². The minimum atomic E-state index is -0.0817. The topological polar surface area (TPSA) is 53.1 Å². The summed E-state index contributed by atoms with van der Waals surface area (Å²) >= 11 is 3.58. The molecule has 1 aliphatic rings. The summed E-state index contributed by atoms with van der Waals surface area (Å²) in [4.78, 5) is 0. The third-order valence-electron chi connectivity index (χ3n) is 4.00. The zero-order chi connectivity index (χ0) is 14.8. The van der Waals surface area contributed by atoms with Gasteiger partial charge in [-0.05, 0) is 40.4 Å². The van der Waals surface area contributed by atoms with Gasteiger partial charge in [0.2, 0.25) is 0 Å². The molecule has 2 atom stereocenters. The number of nitrogens with zero attached hydrogens (tertiary/aromatic N) is 2. The van der Waals surface area contributed by atoms with Gasteiger partial charge < -0.3 is 10.5 Å². The molecule has 2 unspecified atom stereocenters. The zero-order valence-corrected chi connectivity index (χ0v) is 13.7. The molecule has 0 bridgehead atoms. The van der Waals surface area contributed by atoms with Gasteiger partial charge in [-0.1, -0.05) is 25.1 Å². The molecule has 0 saturated heterocycles. The van der Waals surface area contributed by atoms with E-state index in [9.17, 15) is 0 Å². The molecule has 0 fully saturated rings. The van der Waals surface area contributed by atoms with Crippen LogP contribution in [-0.2, 0) is 13.0 Å². The minimum absolute atomic E-state index is 0.0817. The molecule has 5 heteroatoms. The van der Waals surface area contributed by atoms with Crippen LogP contribution in [0.4, 0.5) is 0 Å². The molecule has 4 nitrogen and oxygen atoms in total. The zero-order valence-electron chi connectivity index (χ0n) is 12.1. The van der Waals surface area contributed by atoms with Gasteiger partial charge in [0.25, 0.3) is 0 Å². The van der Waals surface area contributed by atoms with Gasteiger partial charge in [0.1, 0.15) is 5.75 Å². The number of aromatic nitrogens is 2. The Labute approximate surface area is 133 Å². The summed E-state index contributed by atoms with van der Waals surface area (Å²) in [7, 11) is 0. The van der Waals surface area contributed by atoms with E-state index in [1.165, 1.54) is 5.56 Å². The maximum atomic E-state index is 6.53. The largest absolute Gasteiger partial charge is 0.493 e. The summed E-state index contributed by atoms with van der Waals surface area (Å²) in [6.07, 6.45) is 3.82. The monoisotopic (exact) mass is 349 g/mol. The van der Waals surface area contributed by atoms with Gasteiger partial charge >= 0.3 is 0 Å². The second kappa shape index (κ2) is 6.20. The summed E-state index contributed by atoms with van der Waals surface area (Å²) in [5.41, 5.74) is 8.84. The average molecular weight is 350 g/mol. The van der Waals surface area contributed by atoms with Gasteiger partial charge in [0.05, 0.1) is 29.0 Å². The summed E-state index contributed by atoms with van der Waals surface area (Å²) in [5.74, 6) is 1.26. The van der Waals surface area contributed by atoms with Crippen molar-refractivity contribution in [3.63, 3.8) is 0 Å². The molecular weight excluding hydrogens is 330 g/mol. The average Bonchev–Trinajstić information content (AvgIpc) is 2.87. The van der Waals surface area contributed by atoms with Crippen molar-refractivity contribution in [1.82, 2.24) is 9.78 Å². The van der Waals surface area contributed by atoms with E-state index in [0.717, 1.165) is 35.3 Å². The lowest BCUT2D eigenvalue weighted by Crippen LogP contribution is -2.33. The third kappa shape index (κ3) is 2.85. The first-order valence-electron chi connectivity index (χ1n) is 7.38. The molecule has 21 heavy (non-hydrogen) atoms. The normalized spacial score (nSPS) is 18.9. The number of halogens is 1. The Bertz CT molecular complexity index is 626. The maximum Gasteiger partial charge on any atom is 0.122 e. The Morgan fingerprint density at radius 3 is 3.10 bits per heavy atom. The molecule has 1 aromatic carbocycles. The van der Waals surface area contributed by atoms with E-state index in [-0.39, 0.29) is 12.0 Å². The molecule has 0 spiro atoms. The summed E-state index contributed by atoms with van der Waals surface area (Å²) in [6.45, 7) is 3.69. The van der Waals surface area contributed by atoms with Crippen molar-refractivity contribution < 1.29 is 4.74 Å². The molecule has 2 N–H and O–H groups in total. The van der Waals surface area contributed by atoms with Crippen LogP contribution in [0.5, 0.6) is 5.75 Å². The Hall–Kier alpha value is -1.33. The summed E-state index contributed by atoms with van der Waals surface area (Å²) in [5, 5.41) is 4.41. The smallest absolute Gasteiger partial charge is 0.122 e. The number of para-hydroxylation sites is 1. The van der Waals surface area contributed by atoms with Crippen LogP contribution in [0.3, 0.4) is 0 Å². The van der Waals surface area contributed by atoms with E-state index in [4.69, 9.17) is 10.5 Å². The van der Waals surface area contributed by atoms with Gasteiger partial charge in [-0.3, -0.25) is 4.68 Å². The number of fused-ring (bicyclic) bond motifs is 1. The van der Waals surface area contributed by atoms with Crippen LogP contribution in [0, 0.1) is 5.92 Å². The fourth-order valence-corrected chi connectivity index (χ4v) is 3.46. The van der Waals surface area contributed by atoms with Gasteiger partial charge in [-0.2, -0.15) is 5.10 Å². The predicted octanol–water partition coefficient (Wildman–Crippen LogP) is 3.31. The fraction of sp³-hybridized carbons (Fsp3) is 0.438. The van der Waals surface area contributed by atoms with Gasteiger partial charge in [-0.15, -0.1) is 0 Å². The maximum absolute atomic E-state index is 6.53. The number of hydrogen-bond donors (Lipinski definition) is 1. The van der Waals surface area contributed by atoms with Crippen LogP contribution in [0.15, 0.2) is 34.9 Å². The number of rotatable bonds is 4. The molecule has 0 amide bonds. The molecule has 3 rings (SSSR count). The van der Waals surface area contributed by atoms with Crippen LogP contribution in [0.25, 0.3) is 0 Å². The van der Waals surface area contributed by atoms with E-state index in [2.05, 4.69) is 34.0 Å². The van der Waals surface area contributed by atoms with E-state index in [1.807, 2.05) is 29.1 Å². The molecule has 1 aliphatic heterocycles. The van der Waals surface area contributed by atoms with Gasteiger partial charge in [0, 0.05) is 12.5 Å². The van der Waals surface area contributed by atoms with Crippen LogP contribution in [0.1, 0.15) is 30.6 Å². The lowest BCUT2D eigenvalue weighted by molar-refractivity contribution is 0.196. The molecule has 0 saturated carbocycles. The Kier molecular flexibility index (Phi) is 4.31. The second-order valence-electron chi connectivity index (χ2n) is 5.51. The van der Waals surface area contributed by atoms with Gasteiger partial charge in [0.15, 0.2) is 0 Å². The first kappa shape index (κ1) is 14.6. The number of benzene rings is 1. The molecule has 2 heterocycles.